The van der Waals surface area contributed by atoms with Gasteiger partial charge in [-0.25, -0.2) is 15.0 Å². The molecule has 2 rings (SSSR count). The van der Waals surface area contributed by atoms with E-state index in [1.807, 2.05) is 20.8 Å². The lowest BCUT2D eigenvalue weighted by Crippen LogP contribution is -2.47. The van der Waals surface area contributed by atoms with E-state index in [9.17, 15) is 14.4 Å². The molecule has 1 fully saturated rings. The topological polar surface area (TPSA) is 126 Å². The molecule has 1 aliphatic rings. The van der Waals surface area contributed by atoms with Gasteiger partial charge in [-0.15, -0.1) is 0 Å². The van der Waals surface area contributed by atoms with Crippen molar-refractivity contribution in [1.29, 1.82) is 0 Å². The van der Waals surface area contributed by atoms with Gasteiger partial charge in [-0.2, -0.15) is 5.10 Å². The van der Waals surface area contributed by atoms with Crippen LogP contribution in [0.4, 0.5) is 9.59 Å². The number of hydrogen-bond donors (Lipinski definition) is 3. The Hall–Kier alpha value is -3.10. The summed E-state index contributed by atoms with van der Waals surface area (Å²) in [6.07, 6.45) is 2.36. The molecule has 4 N–H and O–H groups in total. The highest BCUT2D eigenvalue weighted by Crippen LogP contribution is 2.15. The molecule has 0 aromatic heterocycles. The molecular formula is C19H27N5O4. The van der Waals surface area contributed by atoms with Gasteiger partial charge in [0.15, 0.2) is 0 Å². The molecule has 0 spiro atoms. The predicted molar refractivity (Wildman–Crippen MR) is 105 cm³/mol. The molecule has 1 saturated heterocycles. The van der Waals surface area contributed by atoms with Gasteiger partial charge in [-0.1, -0.05) is 12.1 Å². The van der Waals surface area contributed by atoms with Crippen LogP contribution in [-0.4, -0.2) is 53.9 Å². The predicted octanol–water partition coefficient (Wildman–Crippen LogP) is 1.82. The normalized spacial score (nSPS) is 15.3. The smallest absolute Gasteiger partial charge is 0.407 e. The van der Waals surface area contributed by atoms with E-state index in [2.05, 4.69) is 15.8 Å². The van der Waals surface area contributed by atoms with Crippen LogP contribution in [0.25, 0.3) is 0 Å². The molecule has 1 aliphatic heterocycles. The zero-order valence-corrected chi connectivity index (χ0v) is 16.4. The number of urea groups is 1. The molecule has 1 aromatic rings. The third-order valence-corrected chi connectivity index (χ3v) is 4.05. The van der Waals surface area contributed by atoms with E-state index in [-0.39, 0.29) is 11.9 Å². The number of ether oxygens (including phenoxy) is 1. The Morgan fingerprint density at radius 2 is 1.79 bits per heavy atom. The molecule has 152 valence electrons. The Balaban J connectivity index is 1.83. The zero-order valence-electron chi connectivity index (χ0n) is 16.4. The van der Waals surface area contributed by atoms with Crippen molar-refractivity contribution < 1.29 is 19.1 Å². The van der Waals surface area contributed by atoms with Crippen molar-refractivity contribution in [2.75, 3.05) is 13.1 Å². The van der Waals surface area contributed by atoms with Crippen molar-refractivity contribution in [2.24, 2.45) is 10.8 Å². The number of hydrogen-bond acceptors (Lipinski definition) is 5. The molecule has 1 heterocycles. The number of primary amides is 1. The Bertz CT molecular complexity index is 732. The molecule has 0 atom stereocenters. The van der Waals surface area contributed by atoms with Crippen molar-refractivity contribution in [3.05, 3.63) is 35.4 Å². The molecule has 9 nitrogen and oxygen atoms in total. The maximum absolute atomic E-state index is 12.6. The highest BCUT2D eigenvalue weighted by Gasteiger charge is 2.26. The van der Waals surface area contributed by atoms with Crippen molar-refractivity contribution in [1.82, 2.24) is 15.6 Å². The van der Waals surface area contributed by atoms with Gasteiger partial charge >= 0.3 is 12.1 Å². The number of carbonyl (C=O) groups is 3. The number of benzene rings is 1. The SMILES string of the molecule is CC(C)(C)OC(=O)NC1CCN(C(=O)c2ccc(C=NNC(N)=O)cc2)CC1. The lowest BCUT2D eigenvalue weighted by atomic mass is 10.0. The van der Waals surface area contributed by atoms with Crippen LogP contribution < -0.4 is 16.5 Å². The van der Waals surface area contributed by atoms with Crippen molar-refractivity contribution in [3.63, 3.8) is 0 Å². The maximum Gasteiger partial charge on any atom is 0.407 e. The fourth-order valence-electron chi connectivity index (χ4n) is 2.77. The summed E-state index contributed by atoms with van der Waals surface area (Å²) < 4.78 is 5.26. The number of likely N-dealkylation sites (tertiary alicyclic amines) is 1. The molecule has 0 unspecified atom stereocenters. The molecule has 0 saturated carbocycles. The summed E-state index contributed by atoms with van der Waals surface area (Å²) in [5.74, 6) is -0.0607. The number of hydrazone groups is 1. The van der Waals surface area contributed by atoms with Crippen molar-refractivity contribution in [3.8, 4) is 0 Å². The number of nitrogens with zero attached hydrogens (tertiary/aromatic N) is 2. The number of nitrogens with one attached hydrogen (secondary N) is 2. The van der Waals surface area contributed by atoms with Crippen LogP contribution in [0.5, 0.6) is 0 Å². The van der Waals surface area contributed by atoms with Crippen molar-refractivity contribution >= 4 is 24.2 Å². The first-order chi connectivity index (χ1) is 13.1. The van der Waals surface area contributed by atoms with E-state index in [0.717, 1.165) is 5.56 Å². The van der Waals surface area contributed by atoms with E-state index in [4.69, 9.17) is 10.5 Å². The average molecular weight is 389 g/mol. The minimum Gasteiger partial charge on any atom is -0.444 e. The quantitative estimate of drug-likeness (QED) is 0.536. The Morgan fingerprint density at radius 3 is 2.32 bits per heavy atom. The van der Waals surface area contributed by atoms with Gasteiger partial charge in [0.2, 0.25) is 0 Å². The molecule has 9 heteroatoms. The van der Waals surface area contributed by atoms with Gasteiger partial charge in [-0.3, -0.25) is 4.79 Å². The third kappa shape index (κ3) is 6.90. The van der Waals surface area contributed by atoms with Crippen LogP contribution in [-0.2, 0) is 4.74 Å². The average Bonchev–Trinajstić information content (AvgIpc) is 2.60. The standard InChI is InChI=1S/C19H27N5O4/c1-19(2,3)28-18(27)22-15-8-10-24(11-9-15)16(25)14-6-4-13(5-7-14)12-21-23-17(20)26/h4-7,12,15H,8-11H2,1-3H3,(H,22,27)(H3,20,23,26). The number of carbonyl (C=O) groups excluding carboxylic acids is 3. The summed E-state index contributed by atoms with van der Waals surface area (Å²) >= 11 is 0. The Labute approximate surface area is 164 Å². The second-order valence-electron chi connectivity index (χ2n) is 7.57. The first-order valence-corrected chi connectivity index (χ1v) is 9.11. The fraction of sp³-hybridized carbons (Fsp3) is 0.474. The summed E-state index contributed by atoms with van der Waals surface area (Å²) in [6.45, 7) is 6.58. The van der Waals surface area contributed by atoms with Gasteiger partial charge < -0.3 is 20.7 Å². The van der Waals surface area contributed by atoms with Crippen LogP contribution in [0.15, 0.2) is 29.4 Å². The first kappa shape index (κ1) is 21.2. The molecular weight excluding hydrogens is 362 g/mol. The van der Waals surface area contributed by atoms with E-state index in [0.29, 0.717) is 31.5 Å². The Morgan fingerprint density at radius 1 is 1.18 bits per heavy atom. The largest absolute Gasteiger partial charge is 0.444 e. The molecule has 4 amide bonds. The molecule has 0 aliphatic carbocycles. The minimum atomic E-state index is -0.743. The highest BCUT2D eigenvalue weighted by molar-refractivity contribution is 5.95. The van der Waals surface area contributed by atoms with E-state index >= 15 is 0 Å². The van der Waals surface area contributed by atoms with Gasteiger partial charge in [0.25, 0.3) is 5.91 Å². The maximum atomic E-state index is 12.6. The summed E-state index contributed by atoms with van der Waals surface area (Å²) in [7, 11) is 0. The second kappa shape index (κ2) is 9.20. The molecule has 0 radical (unpaired) electrons. The molecule has 28 heavy (non-hydrogen) atoms. The highest BCUT2D eigenvalue weighted by atomic mass is 16.6. The molecule has 0 bridgehead atoms. The van der Waals surface area contributed by atoms with E-state index in [1.54, 1.807) is 29.2 Å². The number of alkyl carbamates (subject to hydrolysis) is 1. The van der Waals surface area contributed by atoms with Crippen LogP contribution in [0, 0.1) is 0 Å². The second-order valence-corrected chi connectivity index (χ2v) is 7.57. The summed E-state index contributed by atoms with van der Waals surface area (Å²) in [5.41, 5.74) is 7.79. The number of piperidine rings is 1. The monoisotopic (exact) mass is 389 g/mol. The van der Waals surface area contributed by atoms with Gasteiger partial charge in [-0.05, 0) is 51.3 Å². The summed E-state index contributed by atoms with van der Waals surface area (Å²) in [4.78, 5) is 36.8. The third-order valence-electron chi connectivity index (χ3n) is 4.05. The van der Waals surface area contributed by atoms with E-state index < -0.39 is 17.7 Å². The Kier molecular flexibility index (Phi) is 6.97. The van der Waals surface area contributed by atoms with Crippen LogP contribution >= 0.6 is 0 Å². The summed E-state index contributed by atoms with van der Waals surface area (Å²) in [6, 6.07) is 6.13. The number of amides is 4. The van der Waals surface area contributed by atoms with E-state index in [1.165, 1.54) is 6.21 Å². The zero-order chi connectivity index (χ0) is 20.7. The van der Waals surface area contributed by atoms with Gasteiger partial charge in [0.1, 0.15) is 5.60 Å². The minimum absolute atomic E-state index is 0.00440. The lowest BCUT2D eigenvalue weighted by molar-refractivity contribution is 0.0473. The summed E-state index contributed by atoms with van der Waals surface area (Å²) in [5, 5.41) is 6.53. The number of nitrogens with two attached hydrogens (primary N) is 1. The van der Waals surface area contributed by atoms with Gasteiger partial charge in [0, 0.05) is 24.7 Å². The van der Waals surface area contributed by atoms with Crippen LogP contribution in [0.1, 0.15) is 49.5 Å². The first-order valence-electron chi connectivity index (χ1n) is 9.11. The number of rotatable bonds is 4. The molecule has 1 aromatic carbocycles. The van der Waals surface area contributed by atoms with Crippen LogP contribution in [0.3, 0.4) is 0 Å². The van der Waals surface area contributed by atoms with Gasteiger partial charge in [0.05, 0.1) is 6.21 Å². The fourth-order valence-corrected chi connectivity index (χ4v) is 2.77. The van der Waals surface area contributed by atoms with Crippen LogP contribution in [0.2, 0.25) is 0 Å². The lowest BCUT2D eigenvalue weighted by Gasteiger charge is -2.33. The van der Waals surface area contributed by atoms with Crippen molar-refractivity contribution in [2.45, 2.75) is 45.3 Å².